The van der Waals surface area contributed by atoms with Crippen molar-refractivity contribution in [1.29, 1.82) is 0 Å². The lowest BCUT2D eigenvalue weighted by atomic mass is 10.1. The van der Waals surface area contributed by atoms with Crippen LogP contribution in [0.25, 0.3) is 0 Å². The molecular formula is C12H13NO2. The van der Waals surface area contributed by atoms with Crippen LogP contribution in [-0.4, -0.2) is 19.6 Å². The number of ether oxygens (including phenoxy) is 1. The van der Waals surface area contributed by atoms with Gasteiger partial charge < -0.3 is 4.74 Å². The molecule has 3 heteroatoms. The van der Waals surface area contributed by atoms with Crippen LogP contribution in [0.2, 0.25) is 0 Å². The lowest BCUT2D eigenvalue weighted by molar-refractivity contribution is -0.143. The standard InChI is InChI=1S/C12H13NO2/c1-3-9-13-11(12(14)15-2)10-7-5-4-6-8-10/h1,4-8,11,13H,9H2,2H3. The Morgan fingerprint density at radius 1 is 1.53 bits per heavy atom. The van der Waals surface area contributed by atoms with Gasteiger partial charge in [0.25, 0.3) is 0 Å². The predicted molar refractivity (Wildman–Crippen MR) is 58.0 cm³/mol. The van der Waals surface area contributed by atoms with Crippen molar-refractivity contribution >= 4 is 5.97 Å². The molecule has 0 aliphatic heterocycles. The van der Waals surface area contributed by atoms with Gasteiger partial charge in [0.05, 0.1) is 13.7 Å². The van der Waals surface area contributed by atoms with Crippen LogP contribution >= 0.6 is 0 Å². The molecule has 0 aliphatic rings. The zero-order chi connectivity index (χ0) is 11.1. The quantitative estimate of drug-likeness (QED) is 0.588. The molecule has 0 radical (unpaired) electrons. The first-order valence-electron chi connectivity index (χ1n) is 4.59. The Morgan fingerprint density at radius 2 is 2.20 bits per heavy atom. The van der Waals surface area contributed by atoms with Crippen molar-refractivity contribution < 1.29 is 9.53 Å². The Balaban J connectivity index is 2.82. The number of carbonyl (C=O) groups is 1. The average Bonchev–Trinajstić information content (AvgIpc) is 2.30. The van der Waals surface area contributed by atoms with E-state index < -0.39 is 6.04 Å². The van der Waals surface area contributed by atoms with E-state index >= 15 is 0 Å². The first-order valence-corrected chi connectivity index (χ1v) is 4.59. The van der Waals surface area contributed by atoms with Crippen LogP contribution in [-0.2, 0) is 9.53 Å². The number of methoxy groups -OCH3 is 1. The SMILES string of the molecule is C#CCNC(C(=O)OC)c1ccccc1. The van der Waals surface area contributed by atoms with E-state index in [9.17, 15) is 4.79 Å². The minimum Gasteiger partial charge on any atom is -0.468 e. The molecule has 15 heavy (non-hydrogen) atoms. The molecule has 0 saturated heterocycles. The van der Waals surface area contributed by atoms with Gasteiger partial charge in [0, 0.05) is 0 Å². The molecule has 0 bridgehead atoms. The minimum atomic E-state index is -0.493. The third kappa shape index (κ3) is 3.12. The molecule has 1 aromatic carbocycles. The fraction of sp³-hybridized carbons (Fsp3) is 0.250. The van der Waals surface area contributed by atoms with E-state index in [0.717, 1.165) is 5.56 Å². The van der Waals surface area contributed by atoms with Gasteiger partial charge in [-0.2, -0.15) is 0 Å². The van der Waals surface area contributed by atoms with Gasteiger partial charge >= 0.3 is 5.97 Å². The first kappa shape index (κ1) is 11.3. The molecule has 0 spiro atoms. The van der Waals surface area contributed by atoms with E-state index in [4.69, 9.17) is 11.2 Å². The summed E-state index contributed by atoms with van der Waals surface area (Å²) in [5.74, 6) is 2.09. The number of hydrogen-bond donors (Lipinski definition) is 1. The van der Waals surface area contributed by atoms with E-state index in [0.29, 0.717) is 6.54 Å². The summed E-state index contributed by atoms with van der Waals surface area (Å²) in [5, 5.41) is 2.93. The zero-order valence-corrected chi connectivity index (χ0v) is 8.57. The van der Waals surface area contributed by atoms with Crippen LogP contribution in [0.15, 0.2) is 30.3 Å². The summed E-state index contributed by atoms with van der Waals surface area (Å²) in [6.07, 6.45) is 5.13. The van der Waals surface area contributed by atoms with Crippen molar-refractivity contribution in [3.8, 4) is 12.3 Å². The molecule has 1 unspecified atom stereocenters. The number of esters is 1. The fourth-order valence-corrected chi connectivity index (χ4v) is 1.26. The molecule has 1 aromatic rings. The Kier molecular flexibility index (Phi) is 4.39. The molecule has 0 heterocycles. The molecule has 0 saturated carbocycles. The van der Waals surface area contributed by atoms with Crippen LogP contribution in [0.1, 0.15) is 11.6 Å². The third-order valence-corrected chi connectivity index (χ3v) is 1.98. The Bertz CT molecular complexity index is 354. The van der Waals surface area contributed by atoms with E-state index in [1.54, 1.807) is 0 Å². The molecule has 1 N–H and O–H groups in total. The van der Waals surface area contributed by atoms with Crippen molar-refractivity contribution in [2.45, 2.75) is 6.04 Å². The second-order valence-electron chi connectivity index (χ2n) is 2.95. The molecule has 78 valence electrons. The van der Waals surface area contributed by atoms with Gasteiger partial charge in [0.15, 0.2) is 0 Å². The summed E-state index contributed by atoms with van der Waals surface area (Å²) in [6.45, 7) is 0.328. The van der Waals surface area contributed by atoms with Crippen LogP contribution in [0.3, 0.4) is 0 Å². The summed E-state index contributed by atoms with van der Waals surface area (Å²) >= 11 is 0. The highest BCUT2D eigenvalue weighted by molar-refractivity contribution is 5.77. The number of nitrogens with one attached hydrogen (secondary N) is 1. The van der Waals surface area contributed by atoms with Crippen molar-refractivity contribution in [3.63, 3.8) is 0 Å². The third-order valence-electron chi connectivity index (χ3n) is 1.98. The summed E-state index contributed by atoms with van der Waals surface area (Å²) in [7, 11) is 1.36. The lowest BCUT2D eigenvalue weighted by Gasteiger charge is -2.14. The summed E-state index contributed by atoms with van der Waals surface area (Å²) in [4.78, 5) is 11.5. The molecule has 0 amide bonds. The monoisotopic (exact) mass is 203 g/mol. The fourth-order valence-electron chi connectivity index (χ4n) is 1.26. The zero-order valence-electron chi connectivity index (χ0n) is 8.57. The van der Waals surface area contributed by atoms with Crippen molar-refractivity contribution in [1.82, 2.24) is 5.32 Å². The Hall–Kier alpha value is -1.79. The van der Waals surface area contributed by atoms with Crippen LogP contribution in [0.5, 0.6) is 0 Å². The maximum atomic E-state index is 11.5. The largest absolute Gasteiger partial charge is 0.468 e. The van der Waals surface area contributed by atoms with Gasteiger partial charge in [0.2, 0.25) is 0 Å². The second-order valence-corrected chi connectivity index (χ2v) is 2.95. The molecule has 0 aliphatic carbocycles. The van der Waals surface area contributed by atoms with Crippen molar-refractivity contribution in [3.05, 3.63) is 35.9 Å². The number of carbonyl (C=O) groups excluding carboxylic acids is 1. The Morgan fingerprint density at radius 3 is 2.73 bits per heavy atom. The lowest BCUT2D eigenvalue weighted by Crippen LogP contribution is -2.29. The molecule has 1 atom stereocenters. The number of benzene rings is 1. The van der Waals surface area contributed by atoms with E-state index in [2.05, 4.69) is 11.2 Å². The molecule has 0 aromatic heterocycles. The molecule has 0 fully saturated rings. The maximum Gasteiger partial charge on any atom is 0.327 e. The summed E-state index contributed by atoms with van der Waals surface area (Å²) in [5.41, 5.74) is 0.847. The number of terminal acetylenes is 1. The molecule has 1 rings (SSSR count). The van der Waals surface area contributed by atoms with E-state index in [1.807, 2.05) is 30.3 Å². The molecule has 3 nitrogen and oxygen atoms in total. The van der Waals surface area contributed by atoms with Gasteiger partial charge in [0.1, 0.15) is 6.04 Å². The van der Waals surface area contributed by atoms with Gasteiger partial charge in [-0.15, -0.1) is 6.42 Å². The normalized spacial score (nSPS) is 11.5. The van der Waals surface area contributed by atoms with Crippen LogP contribution < -0.4 is 5.32 Å². The number of rotatable bonds is 4. The molecular weight excluding hydrogens is 190 g/mol. The average molecular weight is 203 g/mol. The maximum absolute atomic E-state index is 11.5. The summed E-state index contributed by atoms with van der Waals surface area (Å²) < 4.78 is 4.69. The predicted octanol–water partition coefficient (Wildman–Crippen LogP) is 1.12. The van der Waals surface area contributed by atoms with Crippen LogP contribution in [0.4, 0.5) is 0 Å². The highest BCUT2D eigenvalue weighted by Gasteiger charge is 2.19. The summed E-state index contributed by atoms with van der Waals surface area (Å²) in [6, 6.07) is 8.83. The number of hydrogen-bond acceptors (Lipinski definition) is 3. The van der Waals surface area contributed by atoms with E-state index in [1.165, 1.54) is 7.11 Å². The van der Waals surface area contributed by atoms with E-state index in [-0.39, 0.29) is 5.97 Å². The van der Waals surface area contributed by atoms with Gasteiger partial charge in [-0.3, -0.25) is 5.32 Å². The van der Waals surface area contributed by atoms with Crippen LogP contribution in [0, 0.1) is 12.3 Å². The Labute approximate surface area is 89.4 Å². The minimum absolute atomic E-state index is 0.328. The van der Waals surface area contributed by atoms with Gasteiger partial charge in [-0.25, -0.2) is 4.79 Å². The van der Waals surface area contributed by atoms with Gasteiger partial charge in [-0.1, -0.05) is 36.3 Å². The second kappa shape index (κ2) is 5.84. The topological polar surface area (TPSA) is 38.3 Å². The van der Waals surface area contributed by atoms with Gasteiger partial charge in [-0.05, 0) is 5.56 Å². The van der Waals surface area contributed by atoms with Crippen molar-refractivity contribution in [2.75, 3.05) is 13.7 Å². The smallest absolute Gasteiger partial charge is 0.327 e. The first-order chi connectivity index (χ1) is 7.29. The van der Waals surface area contributed by atoms with Crippen molar-refractivity contribution in [2.24, 2.45) is 0 Å². The highest BCUT2D eigenvalue weighted by atomic mass is 16.5. The highest BCUT2D eigenvalue weighted by Crippen LogP contribution is 2.13.